The minimum atomic E-state index is -2.40. The number of alkyl halides is 2. The van der Waals surface area contributed by atoms with Crippen LogP contribution in [0.1, 0.15) is 25.5 Å². The lowest BCUT2D eigenvalue weighted by Crippen LogP contribution is -2.33. The maximum absolute atomic E-state index is 12.0. The summed E-state index contributed by atoms with van der Waals surface area (Å²) in [7, 11) is 0. The predicted octanol–water partition coefficient (Wildman–Crippen LogP) is 3.43. The van der Waals surface area contributed by atoms with Gasteiger partial charge in [-0.15, -0.1) is 0 Å². The number of halogens is 3. The molecule has 1 rings (SSSR count). The van der Waals surface area contributed by atoms with Crippen LogP contribution < -0.4 is 5.32 Å². The van der Waals surface area contributed by atoms with Crippen LogP contribution in [0.15, 0.2) is 22.8 Å². The van der Waals surface area contributed by atoms with Crippen molar-refractivity contribution in [1.82, 2.24) is 10.3 Å². The van der Waals surface area contributed by atoms with Crippen LogP contribution in [0.4, 0.5) is 8.78 Å². The summed E-state index contributed by atoms with van der Waals surface area (Å²) < 4.78 is 29.9. The molecule has 114 valence electrons. The monoisotopic (exact) mass is 350 g/mol. The standard InChI is InChI=1S/C14H21BrF2N2O/c1-2-6-18-13(5-7-20-10-14(16)17)8-12-4-3-11(15)9-19-12/h3-4,9,13-14,18H,2,5-8,10H2,1H3. The van der Waals surface area contributed by atoms with E-state index in [1.807, 2.05) is 12.1 Å². The number of hydrogen-bond donors (Lipinski definition) is 1. The second-order valence-electron chi connectivity index (χ2n) is 4.58. The highest BCUT2D eigenvalue weighted by Crippen LogP contribution is 2.10. The van der Waals surface area contributed by atoms with Gasteiger partial charge in [0.25, 0.3) is 6.43 Å². The van der Waals surface area contributed by atoms with E-state index in [-0.39, 0.29) is 6.04 Å². The molecule has 1 unspecified atom stereocenters. The van der Waals surface area contributed by atoms with Crippen LogP contribution in [0.2, 0.25) is 0 Å². The van der Waals surface area contributed by atoms with Crippen molar-refractivity contribution in [2.45, 2.75) is 38.7 Å². The number of pyridine rings is 1. The molecule has 0 saturated heterocycles. The second kappa shape index (κ2) is 10.2. The third kappa shape index (κ3) is 7.87. The number of nitrogens with zero attached hydrogens (tertiary/aromatic N) is 1. The Balaban J connectivity index is 2.40. The van der Waals surface area contributed by atoms with Gasteiger partial charge in [0.05, 0.1) is 0 Å². The van der Waals surface area contributed by atoms with E-state index >= 15 is 0 Å². The van der Waals surface area contributed by atoms with Crippen molar-refractivity contribution in [2.75, 3.05) is 19.8 Å². The van der Waals surface area contributed by atoms with Crippen LogP contribution >= 0.6 is 15.9 Å². The molecular formula is C14H21BrF2N2O. The highest BCUT2D eigenvalue weighted by atomic mass is 79.9. The summed E-state index contributed by atoms with van der Waals surface area (Å²) in [6.45, 7) is 2.84. The average Bonchev–Trinajstić information content (AvgIpc) is 2.42. The van der Waals surface area contributed by atoms with Crippen molar-refractivity contribution in [3.8, 4) is 0 Å². The lowest BCUT2D eigenvalue weighted by atomic mass is 10.1. The molecular weight excluding hydrogens is 330 g/mol. The molecule has 0 aliphatic heterocycles. The second-order valence-corrected chi connectivity index (χ2v) is 5.49. The van der Waals surface area contributed by atoms with E-state index in [0.29, 0.717) is 13.0 Å². The maximum atomic E-state index is 12.0. The quantitative estimate of drug-likeness (QED) is 0.656. The van der Waals surface area contributed by atoms with Gasteiger partial charge in [-0.3, -0.25) is 4.98 Å². The first kappa shape index (κ1) is 17.5. The van der Waals surface area contributed by atoms with E-state index in [2.05, 4.69) is 33.2 Å². The van der Waals surface area contributed by atoms with Crippen LogP contribution in [-0.2, 0) is 11.2 Å². The third-order valence-electron chi connectivity index (χ3n) is 2.78. The Kier molecular flexibility index (Phi) is 8.89. The van der Waals surface area contributed by atoms with E-state index in [1.165, 1.54) is 0 Å². The van der Waals surface area contributed by atoms with Crippen molar-refractivity contribution >= 4 is 15.9 Å². The lowest BCUT2D eigenvalue weighted by molar-refractivity contribution is 0.0144. The van der Waals surface area contributed by atoms with E-state index in [0.717, 1.165) is 29.6 Å². The Morgan fingerprint density at radius 3 is 2.80 bits per heavy atom. The van der Waals surface area contributed by atoms with Crippen LogP contribution in [0.5, 0.6) is 0 Å². The first-order valence-corrected chi connectivity index (χ1v) is 7.60. The first-order chi connectivity index (χ1) is 9.61. The molecule has 0 aromatic carbocycles. The highest BCUT2D eigenvalue weighted by molar-refractivity contribution is 9.10. The van der Waals surface area contributed by atoms with Crippen LogP contribution in [0.25, 0.3) is 0 Å². The van der Waals surface area contributed by atoms with Crippen molar-refractivity contribution in [3.05, 3.63) is 28.5 Å². The van der Waals surface area contributed by atoms with Gasteiger partial charge < -0.3 is 10.1 Å². The largest absolute Gasteiger partial charge is 0.375 e. The average molecular weight is 351 g/mol. The molecule has 1 aromatic heterocycles. The lowest BCUT2D eigenvalue weighted by Gasteiger charge is -2.18. The number of rotatable bonds is 10. The molecule has 0 fully saturated rings. The molecule has 1 heterocycles. The van der Waals surface area contributed by atoms with Crippen molar-refractivity contribution in [3.63, 3.8) is 0 Å². The number of nitrogens with one attached hydrogen (secondary N) is 1. The topological polar surface area (TPSA) is 34.1 Å². The van der Waals surface area contributed by atoms with E-state index < -0.39 is 13.0 Å². The minimum absolute atomic E-state index is 0.196. The Hall–Kier alpha value is -0.590. The molecule has 1 atom stereocenters. The Labute approximate surface area is 127 Å². The molecule has 0 radical (unpaired) electrons. The molecule has 0 spiro atoms. The summed E-state index contributed by atoms with van der Waals surface area (Å²) in [6, 6.07) is 4.11. The minimum Gasteiger partial charge on any atom is -0.375 e. The molecule has 0 saturated carbocycles. The van der Waals surface area contributed by atoms with Gasteiger partial charge in [0, 0.05) is 35.4 Å². The molecule has 0 aliphatic rings. The van der Waals surface area contributed by atoms with Crippen LogP contribution in [-0.4, -0.2) is 37.2 Å². The first-order valence-electron chi connectivity index (χ1n) is 6.81. The van der Waals surface area contributed by atoms with Crippen molar-refractivity contribution in [2.24, 2.45) is 0 Å². The van der Waals surface area contributed by atoms with Crippen LogP contribution in [0, 0.1) is 0 Å². The Bertz CT molecular complexity index is 363. The summed E-state index contributed by atoms with van der Waals surface area (Å²) >= 11 is 3.35. The molecule has 6 heteroatoms. The van der Waals surface area contributed by atoms with Gasteiger partial charge in [0.2, 0.25) is 0 Å². The maximum Gasteiger partial charge on any atom is 0.261 e. The zero-order valence-corrected chi connectivity index (χ0v) is 13.2. The molecule has 0 amide bonds. The van der Waals surface area contributed by atoms with Crippen molar-refractivity contribution in [1.29, 1.82) is 0 Å². The third-order valence-corrected chi connectivity index (χ3v) is 3.25. The van der Waals surface area contributed by atoms with E-state index in [9.17, 15) is 8.78 Å². The summed E-state index contributed by atoms with van der Waals surface area (Å²) in [4.78, 5) is 4.33. The van der Waals surface area contributed by atoms with Gasteiger partial charge in [0.15, 0.2) is 0 Å². The molecule has 1 N–H and O–H groups in total. The number of aromatic nitrogens is 1. The Morgan fingerprint density at radius 2 is 2.20 bits per heavy atom. The fourth-order valence-electron chi connectivity index (χ4n) is 1.80. The summed E-state index contributed by atoms with van der Waals surface area (Å²) in [5.74, 6) is 0. The van der Waals surface area contributed by atoms with Gasteiger partial charge in [0.1, 0.15) is 6.61 Å². The molecule has 0 bridgehead atoms. The van der Waals surface area contributed by atoms with Gasteiger partial charge in [-0.2, -0.15) is 0 Å². The Morgan fingerprint density at radius 1 is 1.40 bits per heavy atom. The molecule has 20 heavy (non-hydrogen) atoms. The number of ether oxygens (including phenoxy) is 1. The summed E-state index contributed by atoms with van der Waals surface area (Å²) in [5.41, 5.74) is 0.982. The SMILES string of the molecule is CCCNC(CCOCC(F)F)Cc1ccc(Br)cn1. The van der Waals surface area contributed by atoms with E-state index in [1.54, 1.807) is 6.20 Å². The highest BCUT2D eigenvalue weighted by Gasteiger charge is 2.10. The summed E-state index contributed by atoms with van der Waals surface area (Å²) in [5, 5.41) is 3.40. The predicted molar refractivity (Wildman–Crippen MR) is 79.2 cm³/mol. The van der Waals surface area contributed by atoms with Crippen molar-refractivity contribution < 1.29 is 13.5 Å². The fraction of sp³-hybridized carbons (Fsp3) is 0.643. The fourth-order valence-corrected chi connectivity index (χ4v) is 2.04. The molecule has 3 nitrogen and oxygen atoms in total. The zero-order valence-electron chi connectivity index (χ0n) is 11.6. The van der Waals surface area contributed by atoms with Gasteiger partial charge in [-0.25, -0.2) is 8.78 Å². The zero-order chi connectivity index (χ0) is 14.8. The van der Waals surface area contributed by atoms with Gasteiger partial charge >= 0.3 is 0 Å². The van der Waals surface area contributed by atoms with Gasteiger partial charge in [-0.1, -0.05) is 6.92 Å². The molecule has 1 aromatic rings. The number of hydrogen-bond acceptors (Lipinski definition) is 3. The molecule has 0 aliphatic carbocycles. The summed E-state index contributed by atoms with van der Waals surface area (Å²) in [6.07, 6.45) is 1.86. The van der Waals surface area contributed by atoms with E-state index in [4.69, 9.17) is 4.74 Å². The normalized spacial score (nSPS) is 12.8. The smallest absolute Gasteiger partial charge is 0.261 e. The van der Waals surface area contributed by atoms with Crippen LogP contribution in [0.3, 0.4) is 0 Å². The van der Waals surface area contributed by atoms with Gasteiger partial charge in [-0.05, 0) is 47.4 Å².